The van der Waals surface area contributed by atoms with Crippen molar-refractivity contribution in [3.8, 4) is 0 Å². The number of benzene rings is 1. The minimum atomic E-state index is -0.413. The minimum absolute atomic E-state index is 0.291. The Balaban J connectivity index is 2.36. The second-order valence-corrected chi connectivity index (χ2v) is 4.11. The van der Waals surface area contributed by atoms with Gasteiger partial charge in [0.1, 0.15) is 11.6 Å². The zero-order valence-corrected chi connectivity index (χ0v) is 11.3. The molecule has 1 aromatic carbocycles. The summed E-state index contributed by atoms with van der Waals surface area (Å²) in [4.78, 5) is 17.7. The van der Waals surface area contributed by atoms with Crippen LogP contribution in [0, 0.1) is 5.82 Å². The molecule has 4 nitrogen and oxygen atoms in total. The normalized spacial score (nSPS) is 10.2. The lowest BCUT2D eigenvalue weighted by Gasteiger charge is -2.22. The topological polar surface area (TPSA) is 42.4 Å². The number of aromatic nitrogens is 1. The molecule has 0 aliphatic carbocycles. The van der Waals surface area contributed by atoms with Crippen LogP contribution in [0.5, 0.6) is 0 Å². The zero-order chi connectivity index (χ0) is 14.5. The first kappa shape index (κ1) is 14.0. The number of hydrogen-bond donors (Lipinski definition) is 0. The number of nitrogens with zero attached hydrogens (tertiary/aromatic N) is 2. The number of methoxy groups -OCH3 is 1. The van der Waals surface area contributed by atoms with Crippen molar-refractivity contribution in [2.75, 3.05) is 18.6 Å². The number of pyridine rings is 1. The fourth-order valence-electron chi connectivity index (χ4n) is 1.91. The summed E-state index contributed by atoms with van der Waals surface area (Å²) in [6.07, 6.45) is 1.55. The van der Waals surface area contributed by atoms with Crippen LogP contribution in [-0.4, -0.2) is 24.6 Å². The van der Waals surface area contributed by atoms with E-state index >= 15 is 0 Å². The Labute approximate surface area is 116 Å². The van der Waals surface area contributed by atoms with Crippen molar-refractivity contribution in [3.05, 3.63) is 54.0 Å². The van der Waals surface area contributed by atoms with Crippen LogP contribution in [0.15, 0.2) is 42.6 Å². The van der Waals surface area contributed by atoms with Crippen LogP contribution in [0.25, 0.3) is 0 Å². The predicted molar refractivity (Wildman–Crippen MR) is 74.7 cm³/mol. The van der Waals surface area contributed by atoms with Gasteiger partial charge in [-0.1, -0.05) is 0 Å². The van der Waals surface area contributed by atoms with E-state index in [2.05, 4.69) is 4.98 Å². The number of esters is 1. The maximum atomic E-state index is 13.0. The van der Waals surface area contributed by atoms with Gasteiger partial charge in [-0.05, 0) is 43.3 Å². The number of hydrogen-bond acceptors (Lipinski definition) is 4. The van der Waals surface area contributed by atoms with Crippen molar-refractivity contribution >= 4 is 17.5 Å². The fourth-order valence-corrected chi connectivity index (χ4v) is 1.91. The third kappa shape index (κ3) is 2.93. The summed E-state index contributed by atoms with van der Waals surface area (Å²) in [5, 5.41) is 0. The summed E-state index contributed by atoms with van der Waals surface area (Å²) < 4.78 is 17.7. The third-order valence-corrected chi connectivity index (χ3v) is 2.90. The molecule has 0 aliphatic heterocycles. The molecule has 0 N–H and O–H groups in total. The van der Waals surface area contributed by atoms with Gasteiger partial charge in [0.05, 0.1) is 12.7 Å². The van der Waals surface area contributed by atoms with E-state index in [9.17, 15) is 9.18 Å². The number of halogens is 1. The molecule has 0 atom stereocenters. The molecule has 0 unspecified atom stereocenters. The van der Waals surface area contributed by atoms with Crippen molar-refractivity contribution in [2.24, 2.45) is 0 Å². The molecule has 0 radical (unpaired) electrons. The Morgan fingerprint density at radius 2 is 2.00 bits per heavy atom. The van der Waals surface area contributed by atoms with E-state index in [-0.39, 0.29) is 5.82 Å². The molecule has 0 amide bonds. The molecular formula is C15H15FN2O2. The SMILES string of the molecule is CCN(c1ccc(F)cc1)c1cc(C(=O)OC)ccn1. The molecule has 20 heavy (non-hydrogen) atoms. The van der Waals surface area contributed by atoms with E-state index in [0.717, 1.165) is 5.69 Å². The maximum Gasteiger partial charge on any atom is 0.338 e. The molecular weight excluding hydrogens is 259 g/mol. The smallest absolute Gasteiger partial charge is 0.338 e. The van der Waals surface area contributed by atoms with Crippen LogP contribution in [0.1, 0.15) is 17.3 Å². The monoisotopic (exact) mass is 274 g/mol. The number of carbonyl (C=O) groups excluding carboxylic acids is 1. The van der Waals surface area contributed by atoms with Crippen LogP contribution in [0.4, 0.5) is 15.9 Å². The number of ether oxygens (including phenoxy) is 1. The van der Waals surface area contributed by atoms with Gasteiger partial charge in [-0.3, -0.25) is 0 Å². The summed E-state index contributed by atoms with van der Waals surface area (Å²) >= 11 is 0. The highest BCUT2D eigenvalue weighted by molar-refractivity contribution is 5.90. The summed E-state index contributed by atoms with van der Waals surface area (Å²) in [5.74, 6) is -0.0908. The van der Waals surface area contributed by atoms with E-state index in [1.165, 1.54) is 19.2 Å². The third-order valence-electron chi connectivity index (χ3n) is 2.90. The standard InChI is InChI=1S/C15H15FN2O2/c1-3-18(13-6-4-12(16)5-7-13)14-10-11(8-9-17-14)15(19)20-2/h4-10H,3H2,1-2H3. The fraction of sp³-hybridized carbons (Fsp3) is 0.200. The molecule has 0 saturated carbocycles. The Bertz CT molecular complexity index is 599. The maximum absolute atomic E-state index is 13.0. The van der Waals surface area contributed by atoms with Gasteiger partial charge in [-0.25, -0.2) is 14.2 Å². The highest BCUT2D eigenvalue weighted by atomic mass is 19.1. The summed E-state index contributed by atoms with van der Waals surface area (Å²) in [6.45, 7) is 2.60. The lowest BCUT2D eigenvalue weighted by Crippen LogP contribution is -2.18. The summed E-state index contributed by atoms with van der Waals surface area (Å²) in [7, 11) is 1.33. The van der Waals surface area contributed by atoms with Gasteiger partial charge < -0.3 is 9.64 Å². The number of rotatable bonds is 4. The average Bonchev–Trinajstić information content (AvgIpc) is 2.49. The van der Waals surface area contributed by atoms with Crippen molar-refractivity contribution in [1.29, 1.82) is 0 Å². The molecule has 0 bridgehead atoms. The number of anilines is 2. The second-order valence-electron chi connectivity index (χ2n) is 4.11. The zero-order valence-electron chi connectivity index (χ0n) is 11.3. The molecule has 0 aliphatic rings. The Kier molecular flexibility index (Phi) is 4.30. The molecule has 0 spiro atoms. The minimum Gasteiger partial charge on any atom is -0.465 e. The van der Waals surface area contributed by atoms with E-state index in [4.69, 9.17) is 4.74 Å². The molecule has 1 heterocycles. The average molecular weight is 274 g/mol. The molecule has 1 aromatic heterocycles. The van der Waals surface area contributed by atoms with Crippen molar-refractivity contribution in [1.82, 2.24) is 4.98 Å². The molecule has 2 aromatic rings. The molecule has 0 fully saturated rings. The van der Waals surface area contributed by atoms with Crippen molar-refractivity contribution < 1.29 is 13.9 Å². The Morgan fingerprint density at radius 1 is 1.30 bits per heavy atom. The molecule has 5 heteroatoms. The largest absolute Gasteiger partial charge is 0.465 e. The van der Waals surface area contributed by atoms with Crippen LogP contribution < -0.4 is 4.90 Å². The van der Waals surface area contributed by atoms with Gasteiger partial charge >= 0.3 is 5.97 Å². The molecule has 104 valence electrons. The first-order valence-corrected chi connectivity index (χ1v) is 6.23. The van der Waals surface area contributed by atoms with Gasteiger partial charge in [0.15, 0.2) is 0 Å². The summed E-state index contributed by atoms with van der Waals surface area (Å²) in [5.41, 5.74) is 1.24. The first-order chi connectivity index (χ1) is 9.65. The Hall–Kier alpha value is -2.43. The van der Waals surface area contributed by atoms with E-state index in [0.29, 0.717) is 17.9 Å². The van der Waals surface area contributed by atoms with E-state index < -0.39 is 5.97 Å². The van der Waals surface area contributed by atoms with E-state index in [1.54, 1.807) is 30.5 Å². The second kappa shape index (κ2) is 6.14. The lowest BCUT2D eigenvalue weighted by atomic mass is 10.2. The van der Waals surface area contributed by atoms with Crippen molar-refractivity contribution in [3.63, 3.8) is 0 Å². The lowest BCUT2D eigenvalue weighted by molar-refractivity contribution is 0.0600. The number of carbonyl (C=O) groups is 1. The van der Waals surface area contributed by atoms with Crippen LogP contribution in [0.3, 0.4) is 0 Å². The predicted octanol–water partition coefficient (Wildman–Crippen LogP) is 3.17. The molecule has 2 rings (SSSR count). The quantitative estimate of drug-likeness (QED) is 0.803. The van der Waals surface area contributed by atoms with Gasteiger partial charge in [-0.15, -0.1) is 0 Å². The van der Waals surface area contributed by atoms with E-state index in [1.807, 2.05) is 11.8 Å². The molecule has 0 saturated heterocycles. The first-order valence-electron chi connectivity index (χ1n) is 6.23. The van der Waals surface area contributed by atoms with Gasteiger partial charge in [-0.2, -0.15) is 0 Å². The van der Waals surface area contributed by atoms with Crippen LogP contribution in [-0.2, 0) is 4.74 Å². The highest BCUT2D eigenvalue weighted by Crippen LogP contribution is 2.24. The highest BCUT2D eigenvalue weighted by Gasteiger charge is 2.12. The van der Waals surface area contributed by atoms with Gasteiger partial charge in [0, 0.05) is 18.4 Å². The Morgan fingerprint density at radius 3 is 2.60 bits per heavy atom. The summed E-state index contributed by atoms with van der Waals surface area (Å²) in [6, 6.07) is 9.37. The van der Waals surface area contributed by atoms with Gasteiger partial charge in [0.25, 0.3) is 0 Å². The van der Waals surface area contributed by atoms with Crippen LogP contribution >= 0.6 is 0 Å². The van der Waals surface area contributed by atoms with Gasteiger partial charge in [0.2, 0.25) is 0 Å². The van der Waals surface area contributed by atoms with Crippen molar-refractivity contribution in [2.45, 2.75) is 6.92 Å². The van der Waals surface area contributed by atoms with Crippen LogP contribution in [0.2, 0.25) is 0 Å².